The summed E-state index contributed by atoms with van der Waals surface area (Å²) in [7, 11) is 0. The molecule has 4 rings (SSSR count). The first-order valence-corrected chi connectivity index (χ1v) is 10.6. The van der Waals surface area contributed by atoms with Crippen LogP contribution in [-0.2, 0) is 5.41 Å². The van der Waals surface area contributed by atoms with Crippen LogP contribution in [0.1, 0.15) is 50.7 Å². The van der Waals surface area contributed by atoms with Gasteiger partial charge in [-0.1, -0.05) is 74.8 Å². The third-order valence-corrected chi connectivity index (χ3v) is 5.58. The number of hydrogen-bond acceptors (Lipinski definition) is 3. The number of aromatic nitrogens is 3. The predicted molar refractivity (Wildman–Crippen MR) is 125 cm³/mol. The Morgan fingerprint density at radius 1 is 1.00 bits per heavy atom. The summed E-state index contributed by atoms with van der Waals surface area (Å²) in [6.45, 7) is 10.7. The normalized spacial score (nSPS) is 12.9. The highest BCUT2D eigenvalue weighted by Crippen LogP contribution is 2.33. The predicted octanol–water partition coefficient (Wildman–Crippen LogP) is 6.83. The van der Waals surface area contributed by atoms with Gasteiger partial charge in [0.05, 0.1) is 11.4 Å². The fourth-order valence-electron chi connectivity index (χ4n) is 3.61. The van der Waals surface area contributed by atoms with Crippen LogP contribution < -0.4 is 5.32 Å². The molecule has 4 aromatic rings. The number of nitrogens with zero attached hydrogens (tertiary/aromatic N) is 3. The molecule has 2 aromatic carbocycles. The highest BCUT2D eigenvalue weighted by molar-refractivity contribution is 6.30. The third-order valence-electron chi connectivity index (χ3n) is 5.33. The van der Waals surface area contributed by atoms with Crippen LogP contribution >= 0.6 is 11.6 Å². The molecule has 1 atom stereocenters. The van der Waals surface area contributed by atoms with Crippen molar-refractivity contribution in [3.05, 3.63) is 82.6 Å². The summed E-state index contributed by atoms with van der Waals surface area (Å²) in [5.74, 6) is 0.935. The van der Waals surface area contributed by atoms with E-state index in [9.17, 15) is 0 Å². The van der Waals surface area contributed by atoms with Crippen molar-refractivity contribution in [2.24, 2.45) is 0 Å². The molecule has 0 saturated heterocycles. The summed E-state index contributed by atoms with van der Waals surface area (Å²) in [6, 6.07) is 20.5. The van der Waals surface area contributed by atoms with Crippen LogP contribution in [0.25, 0.3) is 16.8 Å². The molecule has 0 aliphatic rings. The highest BCUT2D eigenvalue weighted by atomic mass is 35.5. The molecule has 0 radical (unpaired) electrons. The fraction of sp³-hybridized carbons (Fsp3) is 0.280. The molecule has 0 amide bonds. The Kier molecular flexibility index (Phi) is 5.29. The van der Waals surface area contributed by atoms with Gasteiger partial charge >= 0.3 is 0 Å². The van der Waals surface area contributed by atoms with Crippen molar-refractivity contribution in [1.29, 1.82) is 0 Å². The van der Waals surface area contributed by atoms with Crippen LogP contribution in [0.2, 0.25) is 5.02 Å². The van der Waals surface area contributed by atoms with E-state index in [4.69, 9.17) is 21.7 Å². The van der Waals surface area contributed by atoms with Crippen molar-refractivity contribution in [3.8, 4) is 11.1 Å². The van der Waals surface area contributed by atoms with Crippen molar-refractivity contribution >= 4 is 23.1 Å². The quantitative estimate of drug-likeness (QED) is 0.395. The summed E-state index contributed by atoms with van der Waals surface area (Å²) in [6.07, 6.45) is 0. The molecule has 1 N–H and O–H groups in total. The fourth-order valence-corrected chi connectivity index (χ4v) is 3.74. The van der Waals surface area contributed by atoms with Gasteiger partial charge in [-0.2, -0.15) is 9.61 Å². The minimum absolute atomic E-state index is 0.0936. The van der Waals surface area contributed by atoms with E-state index in [-0.39, 0.29) is 11.5 Å². The molecule has 2 aromatic heterocycles. The maximum atomic E-state index is 6.11. The van der Waals surface area contributed by atoms with Crippen molar-refractivity contribution in [2.75, 3.05) is 5.32 Å². The summed E-state index contributed by atoms with van der Waals surface area (Å²) >= 11 is 6.11. The van der Waals surface area contributed by atoms with Gasteiger partial charge in [-0.3, -0.25) is 0 Å². The van der Waals surface area contributed by atoms with Gasteiger partial charge in [0, 0.05) is 28.1 Å². The van der Waals surface area contributed by atoms with Crippen molar-refractivity contribution < 1.29 is 0 Å². The average molecular weight is 419 g/mol. The van der Waals surface area contributed by atoms with Crippen LogP contribution in [0, 0.1) is 6.92 Å². The maximum Gasteiger partial charge on any atom is 0.165 e. The smallest absolute Gasteiger partial charge is 0.165 e. The molecule has 0 saturated carbocycles. The van der Waals surface area contributed by atoms with Crippen molar-refractivity contribution in [3.63, 3.8) is 0 Å². The second-order valence-electron chi connectivity index (χ2n) is 8.76. The number of halogens is 1. The molecule has 5 heteroatoms. The third kappa shape index (κ3) is 3.92. The zero-order valence-electron chi connectivity index (χ0n) is 18.1. The van der Waals surface area contributed by atoms with Crippen LogP contribution in [0.5, 0.6) is 0 Å². The lowest BCUT2D eigenvalue weighted by molar-refractivity contribution is 0.568. The lowest BCUT2D eigenvalue weighted by Crippen LogP contribution is -2.17. The Bertz CT molecular complexity index is 1170. The first-order chi connectivity index (χ1) is 14.2. The lowest BCUT2D eigenvalue weighted by atomic mass is 9.91. The van der Waals surface area contributed by atoms with Crippen LogP contribution in [-0.4, -0.2) is 14.6 Å². The molecule has 0 unspecified atom stereocenters. The second kappa shape index (κ2) is 7.77. The zero-order chi connectivity index (χ0) is 21.5. The van der Waals surface area contributed by atoms with Gasteiger partial charge in [-0.25, -0.2) is 4.98 Å². The molecule has 2 heterocycles. The van der Waals surface area contributed by atoms with Gasteiger partial charge in [0.15, 0.2) is 5.65 Å². The number of fused-ring (bicyclic) bond motifs is 1. The topological polar surface area (TPSA) is 42.2 Å². The minimum atomic E-state index is -0.0936. The summed E-state index contributed by atoms with van der Waals surface area (Å²) in [5, 5.41) is 9.21. The van der Waals surface area contributed by atoms with Crippen LogP contribution in [0.15, 0.2) is 60.7 Å². The Morgan fingerprint density at radius 3 is 2.30 bits per heavy atom. The van der Waals surface area contributed by atoms with E-state index >= 15 is 0 Å². The van der Waals surface area contributed by atoms with Gasteiger partial charge in [0.1, 0.15) is 5.82 Å². The van der Waals surface area contributed by atoms with Gasteiger partial charge in [0.25, 0.3) is 0 Å². The van der Waals surface area contributed by atoms with E-state index in [0.717, 1.165) is 39.0 Å². The van der Waals surface area contributed by atoms with E-state index in [2.05, 4.69) is 63.3 Å². The molecule has 0 aliphatic heterocycles. The zero-order valence-corrected chi connectivity index (χ0v) is 18.8. The molecule has 154 valence electrons. The first kappa shape index (κ1) is 20.4. The van der Waals surface area contributed by atoms with Crippen molar-refractivity contribution in [1.82, 2.24) is 14.6 Å². The molecule has 0 spiro atoms. The molecule has 0 fully saturated rings. The number of aryl methyl sites for hydroxylation is 1. The lowest BCUT2D eigenvalue weighted by Gasteiger charge is -2.22. The highest BCUT2D eigenvalue weighted by Gasteiger charge is 2.23. The molecule has 30 heavy (non-hydrogen) atoms. The molecular weight excluding hydrogens is 392 g/mol. The second-order valence-corrected chi connectivity index (χ2v) is 9.19. The van der Waals surface area contributed by atoms with E-state index in [1.54, 1.807) is 0 Å². The number of rotatable bonds is 4. The minimum Gasteiger partial charge on any atom is -0.363 e. The molecule has 4 nitrogen and oxygen atoms in total. The molecule has 0 aliphatic carbocycles. The Labute approximate surface area is 182 Å². The van der Waals surface area contributed by atoms with Gasteiger partial charge in [-0.05, 0) is 37.1 Å². The van der Waals surface area contributed by atoms with E-state index in [1.165, 1.54) is 5.56 Å². The summed E-state index contributed by atoms with van der Waals surface area (Å²) < 4.78 is 1.92. The maximum absolute atomic E-state index is 6.11. The van der Waals surface area contributed by atoms with E-state index < -0.39 is 0 Å². The SMILES string of the molecule is Cc1nn2c(N[C@H](C)c3ccccc3)cc(C(C)(C)C)nc2c1-c1ccc(Cl)cc1. The van der Waals surface area contributed by atoms with E-state index in [1.807, 2.05) is 41.8 Å². The number of benzene rings is 2. The monoisotopic (exact) mass is 418 g/mol. The van der Waals surface area contributed by atoms with Crippen LogP contribution in [0.3, 0.4) is 0 Å². The van der Waals surface area contributed by atoms with Gasteiger partial charge < -0.3 is 5.32 Å². The summed E-state index contributed by atoms with van der Waals surface area (Å²) in [4.78, 5) is 5.03. The van der Waals surface area contributed by atoms with Crippen molar-refractivity contribution in [2.45, 2.75) is 46.1 Å². The largest absolute Gasteiger partial charge is 0.363 e. The number of hydrogen-bond donors (Lipinski definition) is 1. The van der Waals surface area contributed by atoms with Gasteiger partial charge in [-0.15, -0.1) is 0 Å². The van der Waals surface area contributed by atoms with Gasteiger partial charge in [0.2, 0.25) is 0 Å². The molecule has 0 bridgehead atoms. The number of nitrogens with one attached hydrogen (secondary N) is 1. The molecular formula is C25H27ClN4. The summed E-state index contributed by atoms with van der Waals surface area (Å²) in [5.41, 5.74) is 6.04. The number of anilines is 1. The Hall–Kier alpha value is -2.85. The average Bonchev–Trinajstić information content (AvgIpc) is 3.05. The van der Waals surface area contributed by atoms with Crippen LogP contribution in [0.4, 0.5) is 5.82 Å². The standard InChI is InChI=1S/C25H27ClN4/c1-16(18-9-7-6-8-10-18)27-22-15-21(25(3,4)5)28-24-23(17(2)29-30(22)24)19-11-13-20(26)14-12-19/h6-16,27H,1-5H3/t16-/m1/s1. The Morgan fingerprint density at radius 2 is 1.67 bits per heavy atom. The van der Waals surface area contributed by atoms with E-state index in [0.29, 0.717) is 0 Å². The Balaban J connectivity index is 1.89. The first-order valence-electron chi connectivity index (χ1n) is 10.2.